The average molecular weight is 323 g/mol. The molecule has 0 spiro atoms. The minimum atomic E-state index is 0.138. The van der Waals surface area contributed by atoms with E-state index in [1.165, 1.54) is 24.1 Å². The fraction of sp³-hybridized carbons (Fsp3) is 0.450. The highest BCUT2D eigenvalue weighted by atomic mass is 16.1. The summed E-state index contributed by atoms with van der Waals surface area (Å²) in [4.78, 5) is 16.9. The molecule has 4 nitrogen and oxygen atoms in total. The first-order chi connectivity index (χ1) is 11.8. The lowest BCUT2D eigenvalue weighted by Gasteiger charge is -2.36. The third kappa shape index (κ3) is 3.70. The maximum atomic E-state index is 12.0. The van der Waals surface area contributed by atoms with Gasteiger partial charge in [-0.2, -0.15) is 0 Å². The standard InChI is InChI=1S/C20H25N3O/c24-20-9-8-18(16-23(20)15-17-6-7-17)14-21-10-12-22(13-11-21)19-4-2-1-3-5-19/h1-5,8-9,16-17H,6-7,10-15H2. The Bertz CT molecular complexity index is 728. The number of piperazine rings is 1. The van der Waals surface area contributed by atoms with Gasteiger partial charge >= 0.3 is 0 Å². The van der Waals surface area contributed by atoms with Gasteiger partial charge < -0.3 is 9.47 Å². The van der Waals surface area contributed by atoms with Crippen molar-refractivity contribution in [1.29, 1.82) is 0 Å². The van der Waals surface area contributed by atoms with Gasteiger partial charge in [-0.25, -0.2) is 0 Å². The van der Waals surface area contributed by atoms with E-state index in [0.717, 1.165) is 45.2 Å². The number of pyridine rings is 1. The zero-order valence-corrected chi connectivity index (χ0v) is 14.1. The smallest absolute Gasteiger partial charge is 0.250 e. The summed E-state index contributed by atoms with van der Waals surface area (Å²) < 4.78 is 1.91. The molecule has 1 saturated heterocycles. The molecule has 1 saturated carbocycles. The first-order valence-corrected chi connectivity index (χ1v) is 9.00. The van der Waals surface area contributed by atoms with Crippen molar-refractivity contribution in [2.24, 2.45) is 5.92 Å². The van der Waals surface area contributed by atoms with Crippen LogP contribution in [0.15, 0.2) is 53.5 Å². The van der Waals surface area contributed by atoms with Crippen LogP contribution in [0, 0.1) is 5.92 Å². The normalized spacial score (nSPS) is 18.8. The van der Waals surface area contributed by atoms with Gasteiger partial charge in [0, 0.05) is 57.2 Å². The van der Waals surface area contributed by atoms with E-state index in [1.54, 1.807) is 6.07 Å². The highest BCUT2D eigenvalue weighted by molar-refractivity contribution is 5.46. The molecule has 24 heavy (non-hydrogen) atoms. The van der Waals surface area contributed by atoms with E-state index >= 15 is 0 Å². The van der Waals surface area contributed by atoms with Crippen molar-refractivity contribution in [3.8, 4) is 0 Å². The number of hydrogen-bond acceptors (Lipinski definition) is 3. The molecule has 4 heteroatoms. The molecule has 2 aliphatic rings. The van der Waals surface area contributed by atoms with Crippen LogP contribution in [0.1, 0.15) is 18.4 Å². The highest BCUT2D eigenvalue weighted by Crippen LogP contribution is 2.30. The van der Waals surface area contributed by atoms with Crippen LogP contribution in [-0.4, -0.2) is 35.6 Å². The molecule has 1 aliphatic heterocycles. The molecular weight excluding hydrogens is 298 g/mol. The molecule has 2 fully saturated rings. The minimum Gasteiger partial charge on any atom is -0.369 e. The summed E-state index contributed by atoms with van der Waals surface area (Å²) in [6.07, 6.45) is 4.63. The molecule has 1 aliphatic carbocycles. The fourth-order valence-electron chi connectivity index (χ4n) is 3.46. The van der Waals surface area contributed by atoms with Gasteiger partial charge in [0.25, 0.3) is 5.56 Å². The van der Waals surface area contributed by atoms with E-state index in [0.29, 0.717) is 0 Å². The van der Waals surface area contributed by atoms with Crippen molar-refractivity contribution in [3.05, 3.63) is 64.6 Å². The molecule has 1 aromatic heterocycles. The SMILES string of the molecule is O=c1ccc(CN2CCN(c3ccccc3)CC2)cn1CC1CC1. The predicted molar refractivity (Wildman–Crippen MR) is 97.4 cm³/mol. The number of anilines is 1. The van der Waals surface area contributed by atoms with Crippen LogP contribution < -0.4 is 10.5 Å². The van der Waals surface area contributed by atoms with Crippen molar-refractivity contribution >= 4 is 5.69 Å². The molecule has 0 radical (unpaired) electrons. The lowest BCUT2D eigenvalue weighted by molar-refractivity contribution is 0.249. The Morgan fingerprint density at radius 2 is 1.67 bits per heavy atom. The quantitative estimate of drug-likeness (QED) is 0.847. The van der Waals surface area contributed by atoms with E-state index in [4.69, 9.17) is 0 Å². The summed E-state index contributed by atoms with van der Waals surface area (Å²) in [5, 5.41) is 0. The molecule has 4 rings (SSSR count). The third-order valence-electron chi connectivity index (χ3n) is 5.10. The molecule has 0 N–H and O–H groups in total. The first-order valence-electron chi connectivity index (χ1n) is 9.00. The fourth-order valence-corrected chi connectivity index (χ4v) is 3.46. The lowest BCUT2D eigenvalue weighted by atomic mass is 10.2. The topological polar surface area (TPSA) is 28.5 Å². The van der Waals surface area contributed by atoms with Crippen LogP contribution in [0.4, 0.5) is 5.69 Å². The summed E-state index contributed by atoms with van der Waals surface area (Å²) in [6, 6.07) is 14.4. The second kappa shape index (κ2) is 6.81. The Balaban J connectivity index is 1.36. The zero-order chi connectivity index (χ0) is 16.4. The van der Waals surface area contributed by atoms with E-state index in [1.807, 2.05) is 10.6 Å². The Morgan fingerprint density at radius 3 is 2.38 bits per heavy atom. The third-order valence-corrected chi connectivity index (χ3v) is 5.10. The maximum absolute atomic E-state index is 12.0. The Labute approximate surface area is 143 Å². The van der Waals surface area contributed by atoms with E-state index in [2.05, 4.69) is 46.3 Å². The average Bonchev–Trinajstić information content (AvgIpc) is 3.43. The van der Waals surface area contributed by atoms with Gasteiger partial charge in [-0.3, -0.25) is 9.69 Å². The Hall–Kier alpha value is -2.07. The molecule has 0 unspecified atom stereocenters. The van der Waals surface area contributed by atoms with Crippen LogP contribution in [-0.2, 0) is 13.1 Å². The Kier molecular flexibility index (Phi) is 4.39. The number of rotatable bonds is 5. The molecule has 126 valence electrons. The molecule has 0 bridgehead atoms. The monoisotopic (exact) mass is 323 g/mol. The number of nitrogens with zero attached hydrogens (tertiary/aromatic N) is 3. The van der Waals surface area contributed by atoms with Gasteiger partial charge in [0.05, 0.1) is 0 Å². The summed E-state index contributed by atoms with van der Waals surface area (Å²) in [5.74, 6) is 0.729. The predicted octanol–water partition coefficient (Wildman–Crippen LogP) is 2.58. The molecule has 0 amide bonds. The van der Waals surface area contributed by atoms with Crippen LogP contribution in [0.5, 0.6) is 0 Å². The van der Waals surface area contributed by atoms with Crippen molar-refractivity contribution in [2.75, 3.05) is 31.1 Å². The summed E-state index contributed by atoms with van der Waals surface area (Å²) >= 11 is 0. The number of aromatic nitrogens is 1. The summed E-state index contributed by atoms with van der Waals surface area (Å²) in [6.45, 7) is 6.09. The van der Waals surface area contributed by atoms with Crippen LogP contribution in [0.3, 0.4) is 0 Å². The van der Waals surface area contributed by atoms with Gasteiger partial charge in [0.2, 0.25) is 0 Å². The summed E-state index contributed by atoms with van der Waals surface area (Å²) in [7, 11) is 0. The van der Waals surface area contributed by atoms with E-state index < -0.39 is 0 Å². The zero-order valence-electron chi connectivity index (χ0n) is 14.1. The number of benzene rings is 1. The molecule has 2 heterocycles. The number of para-hydroxylation sites is 1. The molecule has 0 atom stereocenters. The van der Waals surface area contributed by atoms with Crippen molar-refractivity contribution in [1.82, 2.24) is 9.47 Å². The Morgan fingerprint density at radius 1 is 0.917 bits per heavy atom. The van der Waals surface area contributed by atoms with E-state index in [9.17, 15) is 4.79 Å². The van der Waals surface area contributed by atoms with Crippen LogP contribution >= 0.6 is 0 Å². The second-order valence-corrected chi connectivity index (χ2v) is 7.07. The van der Waals surface area contributed by atoms with Gasteiger partial charge in [0.1, 0.15) is 0 Å². The van der Waals surface area contributed by atoms with Crippen LogP contribution in [0.2, 0.25) is 0 Å². The van der Waals surface area contributed by atoms with Crippen molar-refractivity contribution in [2.45, 2.75) is 25.9 Å². The molecule has 1 aromatic carbocycles. The highest BCUT2D eigenvalue weighted by Gasteiger charge is 2.22. The second-order valence-electron chi connectivity index (χ2n) is 7.07. The van der Waals surface area contributed by atoms with Gasteiger partial charge in [-0.05, 0) is 36.5 Å². The van der Waals surface area contributed by atoms with Gasteiger partial charge in [0.15, 0.2) is 0 Å². The number of hydrogen-bond donors (Lipinski definition) is 0. The van der Waals surface area contributed by atoms with Gasteiger partial charge in [-0.15, -0.1) is 0 Å². The van der Waals surface area contributed by atoms with Crippen molar-refractivity contribution in [3.63, 3.8) is 0 Å². The molecule has 2 aromatic rings. The van der Waals surface area contributed by atoms with E-state index in [-0.39, 0.29) is 5.56 Å². The van der Waals surface area contributed by atoms with Gasteiger partial charge in [-0.1, -0.05) is 24.3 Å². The first kappa shape index (κ1) is 15.5. The van der Waals surface area contributed by atoms with Crippen LogP contribution in [0.25, 0.3) is 0 Å². The minimum absolute atomic E-state index is 0.138. The lowest BCUT2D eigenvalue weighted by Crippen LogP contribution is -2.46. The summed E-state index contributed by atoms with van der Waals surface area (Å²) in [5.41, 5.74) is 2.71. The van der Waals surface area contributed by atoms with Crippen molar-refractivity contribution < 1.29 is 0 Å². The molecular formula is C20H25N3O. The largest absolute Gasteiger partial charge is 0.369 e. The maximum Gasteiger partial charge on any atom is 0.250 e.